The molecule has 0 saturated carbocycles. The van der Waals surface area contributed by atoms with Crippen molar-refractivity contribution in [1.29, 1.82) is 5.26 Å². The van der Waals surface area contributed by atoms with E-state index in [9.17, 15) is 14.4 Å². The molecular weight excluding hydrogens is 379 g/mol. The Bertz CT molecular complexity index is 1250. The fraction of sp³-hybridized carbons (Fsp3) is 0. The zero-order valence-corrected chi connectivity index (χ0v) is 15.7. The fourth-order valence-corrected chi connectivity index (χ4v) is 2.99. The summed E-state index contributed by atoms with van der Waals surface area (Å²) in [6, 6.07) is 20.2. The van der Waals surface area contributed by atoms with Gasteiger partial charge in [0.2, 0.25) is 5.78 Å². The first kappa shape index (κ1) is 19.0. The zero-order valence-electron chi connectivity index (χ0n) is 15.7. The van der Waals surface area contributed by atoms with E-state index in [0.717, 1.165) is 11.3 Å². The number of para-hydroxylation sites is 1. The van der Waals surface area contributed by atoms with E-state index in [-0.39, 0.29) is 11.1 Å². The number of hydrogen-bond donors (Lipinski definition) is 0. The summed E-state index contributed by atoms with van der Waals surface area (Å²) in [7, 11) is 0. The highest BCUT2D eigenvalue weighted by atomic mass is 19.1. The van der Waals surface area contributed by atoms with Gasteiger partial charge in [0.05, 0.1) is 5.69 Å². The molecule has 2 heterocycles. The second kappa shape index (κ2) is 8.33. The Kier molecular flexibility index (Phi) is 5.27. The van der Waals surface area contributed by atoms with Crippen LogP contribution >= 0.6 is 0 Å². The molecule has 0 amide bonds. The van der Waals surface area contributed by atoms with E-state index in [1.807, 2.05) is 42.5 Å². The average molecular weight is 394 g/mol. The molecule has 0 bridgehead atoms. The first-order valence-electron chi connectivity index (χ1n) is 9.13. The number of nitriles is 1. The largest absolute Gasteiger partial charge is 0.288 e. The molecule has 4 aromatic rings. The number of nitrogens with zero attached hydrogens (tertiary/aromatic N) is 4. The van der Waals surface area contributed by atoms with Crippen molar-refractivity contribution < 1.29 is 9.18 Å². The summed E-state index contributed by atoms with van der Waals surface area (Å²) in [5.41, 5.74) is 2.95. The molecule has 0 unspecified atom stereocenters. The molecule has 0 saturated heterocycles. The second-order valence-corrected chi connectivity index (χ2v) is 6.46. The highest BCUT2D eigenvalue weighted by Crippen LogP contribution is 2.26. The first-order chi connectivity index (χ1) is 14.7. The second-order valence-electron chi connectivity index (χ2n) is 6.46. The van der Waals surface area contributed by atoms with Gasteiger partial charge in [-0.05, 0) is 54.6 Å². The number of aromatic nitrogens is 3. The molecule has 2 aromatic carbocycles. The number of rotatable bonds is 5. The Morgan fingerprint density at radius 1 is 1.03 bits per heavy atom. The molecule has 0 fully saturated rings. The van der Waals surface area contributed by atoms with Gasteiger partial charge in [-0.2, -0.15) is 10.4 Å². The Labute approximate surface area is 172 Å². The van der Waals surface area contributed by atoms with Gasteiger partial charge in [0.15, 0.2) is 0 Å². The molecule has 0 spiro atoms. The summed E-state index contributed by atoms with van der Waals surface area (Å²) in [5, 5.41) is 14.2. The Morgan fingerprint density at radius 2 is 1.80 bits per heavy atom. The summed E-state index contributed by atoms with van der Waals surface area (Å²) in [4.78, 5) is 16.9. The van der Waals surface area contributed by atoms with Crippen molar-refractivity contribution in [3.8, 4) is 23.0 Å². The molecule has 4 rings (SSSR count). The molecule has 5 nitrogen and oxygen atoms in total. The molecule has 0 aliphatic carbocycles. The molecule has 0 atom stereocenters. The van der Waals surface area contributed by atoms with Crippen LogP contribution in [-0.4, -0.2) is 20.5 Å². The van der Waals surface area contributed by atoms with E-state index >= 15 is 0 Å². The topological polar surface area (TPSA) is 71.6 Å². The predicted molar refractivity (Wildman–Crippen MR) is 111 cm³/mol. The Morgan fingerprint density at radius 3 is 2.47 bits per heavy atom. The minimum absolute atomic E-state index is 0.0700. The number of Topliss-reactive ketones (excluding diaryl/α,β-unsaturated/α-hetero) is 1. The van der Waals surface area contributed by atoms with Crippen molar-refractivity contribution in [2.24, 2.45) is 0 Å². The van der Waals surface area contributed by atoms with Crippen LogP contribution < -0.4 is 0 Å². The predicted octanol–water partition coefficient (Wildman–Crippen LogP) is 4.86. The monoisotopic (exact) mass is 394 g/mol. The van der Waals surface area contributed by atoms with Crippen molar-refractivity contribution in [1.82, 2.24) is 14.8 Å². The summed E-state index contributed by atoms with van der Waals surface area (Å²) in [6.07, 6.45) is 6.59. The molecule has 0 radical (unpaired) electrons. The van der Waals surface area contributed by atoms with E-state index in [2.05, 4.69) is 10.1 Å². The van der Waals surface area contributed by atoms with Crippen LogP contribution in [0.1, 0.15) is 15.9 Å². The lowest BCUT2D eigenvalue weighted by molar-refractivity contribution is 0.104. The van der Waals surface area contributed by atoms with Gasteiger partial charge in [-0.15, -0.1) is 0 Å². The Hall–Kier alpha value is -4.37. The Balaban J connectivity index is 1.82. The zero-order chi connectivity index (χ0) is 20.9. The molecule has 6 heteroatoms. The van der Waals surface area contributed by atoms with Crippen molar-refractivity contribution in [3.05, 3.63) is 108 Å². The number of hydrogen-bond acceptors (Lipinski definition) is 4. The van der Waals surface area contributed by atoms with Crippen molar-refractivity contribution in [2.75, 3.05) is 0 Å². The minimum atomic E-state index is -0.484. The van der Waals surface area contributed by atoms with E-state index in [4.69, 9.17) is 0 Å². The molecule has 2 aromatic heterocycles. The van der Waals surface area contributed by atoms with Crippen LogP contribution in [0, 0.1) is 17.1 Å². The number of carbonyl (C=O) groups is 1. The number of benzene rings is 2. The van der Waals surface area contributed by atoms with Crippen molar-refractivity contribution in [2.45, 2.75) is 0 Å². The van der Waals surface area contributed by atoms with Gasteiger partial charge in [-0.1, -0.05) is 18.2 Å². The van der Waals surface area contributed by atoms with Crippen molar-refractivity contribution in [3.63, 3.8) is 0 Å². The maximum atomic E-state index is 13.2. The van der Waals surface area contributed by atoms with Gasteiger partial charge in [-0.25, -0.2) is 9.07 Å². The third-order valence-electron chi connectivity index (χ3n) is 4.47. The van der Waals surface area contributed by atoms with Crippen LogP contribution in [0.2, 0.25) is 0 Å². The van der Waals surface area contributed by atoms with Crippen LogP contribution in [0.15, 0.2) is 90.9 Å². The highest BCUT2D eigenvalue weighted by molar-refractivity contribution is 6.14. The van der Waals surface area contributed by atoms with Crippen molar-refractivity contribution >= 4 is 11.9 Å². The quantitative estimate of drug-likeness (QED) is 0.275. The van der Waals surface area contributed by atoms with E-state index in [1.165, 1.54) is 30.3 Å². The van der Waals surface area contributed by atoms with E-state index in [1.54, 1.807) is 29.3 Å². The maximum absolute atomic E-state index is 13.2. The lowest BCUT2D eigenvalue weighted by Crippen LogP contribution is -2.02. The van der Waals surface area contributed by atoms with Crippen LogP contribution in [0.4, 0.5) is 4.39 Å². The fourth-order valence-electron chi connectivity index (χ4n) is 2.99. The molecule has 30 heavy (non-hydrogen) atoms. The summed E-state index contributed by atoms with van der Waals surface area (Å²) in [6.45, 7) is 0. The summed E-state index contributed by atoms with van der Waals surface area (Å²) >= 11 is 0. The molecule has 0 aliphatic heterocycles. The average Bonchev–Trinajstić information content (AvgIpc) is 3.22. The highest BCUT2D eigenvalue weighted by Gasteiger charge is 2.16. The number of ketones is 1. The lowest BCUT2D eigenvalue weighted by Gasteiger charge is -2.01. The van der Waals surface area contributed by atoms with Gasteiger partial charge in [0.1, 0.15) is 23.2 Å². The smallest absolute Gasteiger partial charge is 0.203 e. The van der Waals surface area contributed by atoms with Crippen LogP contribution in [-0.2, 0) is 0 Å². The normalized spacial score (nSPS) is 11.1. The molecule has 144 valence electrons. The first-order valence-corrected chi connectivity index (χ1v) is 9.13. The van der Waals surface area contributed by atoms with Gasteiger partial charge < -0.3 is 0 Å². The molecule has 0 aliphatic rings. The standard InChI is InChI=1S/C24H15FN4O/c25-21-10-8-17(9-11-21)24(30)19(14-26)13-20-16-29(22-6-2-1-3-7-22)28-23(20)18-5-4-12-27-15-18/h1-13,15-16H/b19-13+. The van der Waals surface area contributed by atoms with Crippen LogP contribution in [0.5, 0.6) is 0 Å². The third kappa shape index (κ3) is 3.91. The summed E-state index contributed by atoms with van der Waals surface area (Å²) < 4.78 is 14.9. The van der Waals surface area contributed by atoms with Gasteiger partial charge >= 0.3 is 0 Å². The lowest BCUT2D eigenvalue weighted by atomic mass is 10.0. The third-order valence-corrected chi connectivity index (χ3v) is 4.47. The van der Waals surface area contributed by atoms with Crippen LogP contribution in [0.3, 0.4) is 0 Å². The van der Waals surface area contributed by atoms with E-state index in [0.29, 0.717) is 11.3 Å². The molecule has 0 N–H and O–H groups in total. The number of halogens is 1. The number of carbonyl (C=O) groups excluding carboxylic acids is 1. The molecular formula is C24H15FN4O. The van der Waals surface area contributed by atoms with Gasteiger partial charge in [-0.3, -0.25) is 9.78 Å². The SMILES string of the molecule is N#C/C(=C\c1cn(-c2ccccc2)nc1-c1cccnc1)C(=O)c1ccc(F)cc1. The van der Waals surface area contributed by atoms with Gasteiger partial charge in [0, 0.05) is 35.3 Å². The van der Waals surface area contributed by atoms with Crippen LogP contribution in [0.25, 0.3) is 23.0 Å². The number of pyridine rings is 1. The summed E-state index contributed by atoms with van der Waals surface area (Å²) in [5.74, 6) is -0.931. The maximum Gasteiger partial charge on any atom is 0.203 e. The van der Waals surface area contributed by atoms with Gasteiger partial charge in [0.25, 0.3) is 0 Å². The van der Waals surface area contributed by atoms with E-state index < -0.39 is 11.6 Å². The number of allylic oxidation sites excluding steroid dienone is 1. The minimum Gasteiger partial charge on any atom is -0.288 e.